The normalized spacial score (nSPS) is 23.3. The molecule has 1 aliphatic rings. The van der Waals surface area contributed by atoms with Crippen LogP contribution in [0.25, 0.3) is 0 Å². The summed E-state index contributed by atoms with van der Waals surface area (Å²) in [6, 6.07) is 1.96. The topological polar surface area (TPSA) is 67.2 Å². The number of aromatic nitrogens is 2. The molecule has 1 aliphatic carbocycles. The number of amides is 1. The van der Waals surface area contributed by atoms with Crippen LogP contribution in [0.2, 0.25) is 0 Å². The SMILES string of the molecule is Cc1cc(C)n(CC(=O)NCC2CCC(O)C2)n1. The number of hydrogen-bond acceptors (Lipinski definition) is 3. The second-order valence-corrected chi connectivity index (χ2v) is 5.22. The molecule has 2 atom stereocenters. The molecule has 2 unspecified atom stereocenters. The van der Waals surface area contributed by atoms with Crippen molar-refractivity contribution in [2.24, 2.45) is 5.92 Å². The summed E-state index contributed by atoms with van der Waals surface area (Å²) in [6.45, 7) is 4.80. The zero-order valence-corrected chi connectivity index (χ0v) is 11.0. The number of aryl methyl sites for hydroxylation is 2. The summed E-state index contributed by atoms with van der Waals surface area (Å²) in [4.78, 5) is 11.8. The van der Waals surface area contributed by atoms with E-state index in [1.807, 2.05) is 19.9 Å². The molecule has 1 fully saturated rings. The van der Waals surface area contributed by atoms with E-state index in [0.717, 1.165) is 30.7 Å². The van der Waals surface area contributed by atoms with Crippen molar-refractivity contribution in [2.75, 3.05) is 6.54 Å². The maximum atomic E-state index is 11.8. The lowest BCUT2D eigenvalue weighted by molar-refractivity contribution is -0.122. The summed E-state index contributed by atoms with van der Waals surface area (Å²) in [5.41, 5.74) is 1.93. The molecule has 5 nitrogen and oxygen atoms in total. The van der Waals surface area contributed by atoms with Gasteiger partial charge in [0, 0.05) is 12.2 Å². The van der Waals surface area contributed by atoms with E-state index in [2.05, 4.69) is 10.4 Å². The predicted molar refractivity (Wildman–Crippen MR) is 68.1 cm³/mol. The molecule has 100 valence electrons. The van der Waals surface area contributed by atoms with E-state index < -0.39 is 0 Å². The first-order valence-electron chi connectivity index (χ1n) is 6.50. The Labute approximate surface area is 107 Å². The van der Waals surface area contributed by atoms with Gasteiger partial charge in [-0.1, -0.05) is 0 Å². The molecule has 1 aromatic rings. The van der Waals surface area contributed by atoms with Crippen LogP contribution in [0.15, 0.2) is 6.07 Å². The van der Waals surface area contributed by atoms with Crippen LogP contribution in [0.1, 0.15) is 30.7 Å². The van der Waals surface area contributed by atoms with Crippen LogP contribution < -0.4 is 5.32 Å². The molecule has 1 saturated carbocycles. The second kappa shape index (κ2) is 5.52. The summed E-state index contributed by atoms with van der Waals surface area (Å²) in [5.74, 6) is 0.409. The fourth-order valence-corrected chi connectivity index (χ4v) is 2.52. The fraction of sp³-hybridized carbons (Fsp3) is 0.692. The quantitative estimate of drug-likeness (QED) is 0.831. The van der Waals surface area contributed by atoms with Crippen LogP contribution >= 0.6 is 0 Å². The maximum absolute atomic E-state index is 11.8. The van der Waals surface area contributed by atoms with Crippen molar-refractivity contribution in [3.63, 3.8) is 0 Å². The molecular weight excluding hydrogens is 230 g/mol. The molecule has 2 rings (SSSR count). The monoisotopic (exact) mass is 251 g/mol. The highest BCUT2D eigenvalue weighted by molar-refractivity contribution is 5.75. The van der Waals surface area contributed by atoms with Crippen LogP contribution in [-0.4, -0.2) is 33.4 Å². The van der Waals surface area contributed by atoms with Crippen LogP contribution in [0.5, 0.6) is 0 Å². The average molecular weight is 251 g/mol. The molecule has 0 radical (unpaired) electrons. The third-order valence-corrected chi connectivity index (χ3v) is 3.50. The maximum Gasteiger partial charge on any atom is 0.241 e. The Hall–Kier alpha value is -1.36. The number of hydrogen-bond donors (Lipinski definition) is 2. The predicted octanol–water partition coefficient (Wildman–Crippen LogP) is 0.777. The Morgan fingerprint density at radius 1 is 1.56 bits per heavy atom. The molecule has 1 heterocycles. The number of aliphatic hydroxyl groups is 1. The van der Waals surface area contributed by atoms with Crippen LogP contribution in [0, 0.1) is 19.8 Å². The Kier molecular flexibility index (Phi) is 4.01. The van der Waals surface area contributed by atoms with Crippen molar-refractivity contribution in [3.8, 4) is 0 Å². The van der Waals surface area contributed by atoms with E-state index >= 15 is 0 Å². The zero-order valence-electron chi connectivity index (χ0n) is 11.0. The molecule has 0 bridgehead atoms. The molecular formula is C13H21N3O2. The molecule has 0 spiro atoms. The van der Waals surface area contributed by atoms with Crippen LogP contribution in [0.3, 0.4) is 0 Å². The van der Waals surface area contributed by atoms with Crippen molar-refractivity contribution in [3.05, 3.63) is 17.5 Å². The average Bonchev–Trinajstić information content (AvgIpc) is 2.83. The van der Waals surface area contributed by atoms with Gasteiger partial charge in [-0.25, -0.2) is 0 Å². The van der Waals surface area contributed by atoms with Crippen molar-refractivity contribution >= 4 is 5.91 Å². The third-order valence-electron chi connectivity index (χ3n) is 3.50. The molecule has 1 aromatic heterocycles. The first kappa shape index (κ1) is 13.1. The lowest BCUT2D eigenvalue weighted by atomic mass is 10.1. The van der Waals surface area contributed by atoms with Gasteiger partial charge in [-0.05, 0) is 45.1 Å². The van der Waals surface area contributed by atoms with Crippen LogP contribution in [0.4, 0.5) is 0 Å². The van der Waals surface area contributed by atoms with E-state index in [0.29, 0.717) is 12.5 Å². The number of rotatable bonds is 4. The second-order valence-electron chi connectivity index (χ2n) is 5.22. The Bertz CT molecular complexity index is 428. The number of carbonyl (C=O) groups excluding carboxylic acids is 1. The highest BCUT2D eigenvalue weighted by atomic mass is 16.3. The van der Waals surface area contributed by atoms with Gasteiger partial charge in [0.2, 0.25) is 5.91 Å². The largest absolute Gasteiger partial charge is 0.393 e. The highest BCUT2D eigenvalue weighted by Gasteiger charge is 2.22. The van der Waals surface area contributed by atoms with E-state index in [1.54, 1.807) is 4.68 Å². The van der Waals surface area contributed by atoms with Gasteiger partial charge in [-0.15, -0.1) is 0 Å². The van der Waals surface area contributed by atoms with Crippen molar-refractivity contribution in [1.29, 1.82) is 0 Å². The molecule has 18 heavy (non-hydrogen) atoms. The summed E-state index contributed by atoms with van der Waals surface area (Å²) in [6.07, 6.45) is 2.49. The summed E-state index contributed by atoms with van der Waals surface area (Å²) >= 11 is 0. The Morgan fingerprint density at radius 2 is 2.33 bits per heavy atom. The van der Waals surface area contributed by atoms with Crippen molar-refractivity contribution < 1.29 is 9.90 Å². The molecule has 2 N–H and O–H groups in total. The fourth-order valence-electron chi connectivity index (χ4n) is 2.52. The van der Waals surface area contributed by atoms with Gasteiger partial charge in [0.1, 0.15) is 6.54 Å². The number of carbonyl (C=O) groups is 1. The van der Waals surface area contributed by atoms with Gasteiger partial charge < -0.3 is 10.4 Å². The zero-order chi connectivity index (χ0) is 13.1. The van der Waals surface area contributed by atoms with E-state index in [1.165, 1.54) is 0 Å². The van der Waals surface area contributed by atoms with Crippen molar-refractivity contribution in [2.45, 2.75) is 45.8 Å². The summed E-state index contributed by atoms with van der Waals surface area (Å²) < 4.78 is 1.72. The Morgan fingerprint density at radius 3 is 2.89 bits per heavy atom. The lowest BCUT2D eigenvalue weighted by Crippen LogP contribution is -2.32. The van der Waals surface area contributed by atoms with Gasteiger partial charge in [0.15, 0.2) is 0 Å². The van der Waals surface area contributed by atoms with Gasteiger partial charge in [0.25, 0.3) is 0 Å². The molecule has 0 aliphatic heterocycles. The van der Waals surface area contributed by atoms with Crippen LogP contribution in [-0.2, 0) is 11.3 Å². The molecule has 5 heteroatoms. The minimum absolute atomic E-state index is 0.0115. The summed E-state index contributed by atoms with van der Waals surface area (Å²) in [5, 5.41) is 16.6. The molecule has 0 saturated heterocycles. The number of nitrogens with zero attached hydrogens (tertiary/aromatic N) is 2. The molecule has 0 aromatic carbocycles. The smallest absolute Gasteiger partial charge is 0.241 e. The lowest BCUT2D eigenvalue weighted by Gasteiger charge is -2.11. The standard InChI is InChI=1S/C13H21N3O2/c1-9-5-10(2)16(15-9)8-13(18)14-7-11-3-4-12(17)6-11/h5,11-12,17H,3-4,6-8H2,1-2H3,(H,14,18). The van der Waals surface area contributed by atoms with Gasteiger partial charge in [0.05, 0.1) is 11.8 Å². The third kappa shape index (κ3) is 3.32. The summed E-state index contributed by atoms with van der Waals surface area (Å²) in [7, 11) is 0. The highest BCUT2D eigenvalue weighted by Crippen LogP contribution is 2.24. The first-order valence-corrected chi connectivity index (χ1v) is 6.50. The minimum atomic E-state index is -0.178. The van der Waals surface area contributed by atoms with Gasteiger partial charge in [-0.2, -0.15) is 5.10 Å². The Balaban J connectivity index is 1.77. The first-order chi connectivity index (χ1) is 8.54. The van der Waals surface area contributed by atoms with E-state index in [4.69, 9.17) is 0 Å². The van der Waals surface area contributed by atoms with E-state index in [-0.39, 0.29) is 18.6 Å². The van der Waals surface area contributed by atoms with E-state index in [9.17, 15) is 9.90 Å². The van der Waals surface area contributed by atoms with Crippen molar-refractivity contribution in [1.82, 2.24) is 15.1 Å². The number of aliphatic hydroxyl groups excluding tert-OH is 1. The number of nitrogens with one attached hydrogen (secondary N) is 1. The minimum Gasteiger partial charge on any atom is -0.393 e. The van der Waals surface area contributed by atoms with Gasteiger partial charge >= 0.3 is 0 Å². The molecule has 1 amide bonds. The van der Waals surface area contributed by atoms with Gasteiger partial charge in [-0.3, -0.25) is 9.48 Å².